The Balaban J connectivity index is 1.22. The molecule has 2 bridgehead atoms. The number of carbonyl (C=O) groups is 2. The van der Waals surface area contributed by atoms with Gasteiger partial charge in [-0.2, -0.15) is 0 Å². The number of fused-ring (bicyclic) bond motifs is 2. The third-order valence-corrected chi connectivity index (χ3v) is 8.38. The highest BCUT2D eigenvalue weighted by atomic mass is 16.6. The first-order valence-corrected chi connectivity index (χ1v) is 14.0. The molecule has 3 heterocycles. The average molecular weight is 557 g/mol. The van der Waals surface area contributed by atoms with Gasteiger partial charge in [0.25, 0.3) is 0 Å². The molecule has 6 rings (SSSR count). The zero-order valence-corrected chi connectivity index (χ0v) is 22.9. The summed E-state index contributed by atoms with van der Waals surface area (Å²) in [6.07, 6.45) is 4.23. The van der Waals surface area contributed by atoms with Gasteiger partial charge in [0.15, 0.2) is 0 Å². The average Bonchev–Trinajstić information content (AvgIpc) is 2.90. The van der Waals surface area contributed by atoms with E-state index in [1.165, 1.54) is 0 Å². The fourth-order valence-corrected chi connectivity index (χ4v) is 6.31. The molecule has 2 saturated carbocycles. The van der Waals surface area contributed by atoms with E-state index in [4.69, 9.17) is 37.9 Å². The number of esters is 2. The lowest BCUT2D eigenvalue weighted by Gasteiger charge is -2.53. The molecule has 2 fully saturated rings. The maximum absolute atomic E-state index is 12.6. The molecule has 0 aromatic heterocycles. The molecule has 2 unspecified atom stereocenters. The zero-order valence-electron chi connectivity index (χ0n) is 22.9. The first kappa shape index (κ1) is 27.6. The van der Waals surface area contributed by atoms with Crippen LogP contribution >= 0.6 is 0 Å². The third-order valence-electron chi connectivity index (χ3n) is 8.38. The fraction of sp³-hybridized carbons (Fsp3) is 0.600. The molecule has 0 amide bonds. The number of rotatable bonds is 0. The molecule has 1 aromatic carbocycles. The van der Waals surface area contributed by atoms with Gasteiger partial charge in [0.05, 0.1) is 76.9 Å². The minimum atomic E-state index is -0.888. The second kappa shape index (κ2) is 11.3. The van der Waals surface area contributed by atoms with Crippen molar-refractivity contribution in [1.82, 2.24) is 0 Å². The van der Waals surface area contributed by atoms with Crippen molar-refractivity contribution in [3.8, 4) is 0 Å². The summed E-state index contributed by atoms with van der Waals surface area (Å²) in [6.45, 7) is 6.46. The second-order valence-electron chi connectivity index (χ2n) is 11.0. The van der Waals surface area contributed by atoms with Crippen molar-refractivity contribution in [3.63, 3.8) is 0 Å². The van der Waals surface area contributed by atoms with Gasteiger partial charge in [0, 0.05) is 0 Å². The smallest absolute Gasteiger partial charge is 0.317 e. The van der Waals surface area contributed by atoms with E-state index < -0.39 is 23.0 Å². The Hall–Kier alpha value is -2.60. The van der Waals surface area contributed by atoms with Gasteiger partial charge in [-0.25, -0.2) is 0 Å². The van der Waals surface area contributed by atoms with Gasteiger partial charge in [-0.15, -0.1) is 0 Å². The summed E-state index contributed by atoms with van der Waals surface area (Å²) in [5.41, 5.74) is 0.0885. The molecule has 216 valence electrons. The van der Waals surface area contributed by atoms with E-state index in [9.17, 15) is 9.59 Å². The van der Waals surface area contributed by atoms with E-state index in [1.54, 1.807) is 13.8 Å². The fourth-order valence-electron chi connectivity index (χ4n) is 6.31. The Morgan fingerprint density at radius 3 is 1.60 bits per heavy atom. The lowest BCUT2D eigenvalue weighted by molar-refractivity contribution is -0.235. The van der Waals surface area contributed by atoms with Gasteiger partial charge in [0.2, 0.25) is 0 Å². The number of hydrogen-bond acceptors (Lipinski definition) is 10. The van der Waals surface area contributed by atoms with Crippen LogP contribution in [0.3, 0.4) is 0 Å². The predicted octanol–water partition coefficient (Wildman–Crippen LogP) is 2.98. The predicted molar refractivity (Wildman–Crippen MR) is 139 cm³/mol. The van der Waals surface area contributed by atoms with E-state index in [1.807, 2.05) is 36.4 Å². The molecule has 0 saturated heterocycles. The van der Waals surface area contributed by atoms with Crippen LogP contribution in [0.2, 0.25) is 0 Å². The summed E-state index contributed by atoms with van der Waals surface area (Å²) in [6, 6.07) is 7.91. The molecule has 1 aromatic rings. The highest BCUT2D eigenvalue weighted by Crippen LogP contribution is 2.50. The van der Waals surface area contributed by atoms with Crippen LogP contribution < -0.4 is 0 Å². The molecule has 2 aliphatic carbocycles. The number of carbonyl (C=O) groups excluding carboxylic acids is 2. The normalized spacial score (nSPS) is 37.1. The van der Waals surface area contributed by atoms with E-state index >= 15 is 0 Å². The highest BCUT2D eigenvalue weighted by molar-refractivity contribution is 5.79. The molecule has 10 nitrogen and oxygen atoms in total. The number of cyclic esters (lactones) is 2. The summed E-state index contributed by atoms with van der Waals surface area (Å²) in [4.78, 5) is 25.3. The summed E-state index contributed by atoms with van der Waals surface area (Å²) in [5.74, 6) is -0.400. The Morgan fingerprint density at radius 2 is 1.12 bits per heavy atom. The maximum Gasteiger partial charge on any atom is 0.317 e. The van der Waals surface area contributed by atoms with Crippen molar-refractivity contribution >= 4 is 11.9 Å². The molecule has 0 radical (unpaired) electrons. The first-order valence-electron chi connectivity index (χ1n) is 14.0. The van der Waals surface area contributed by atoms with Gasteiger partial charge < -0.3 is 37.9 Å². The van der Waals surface area contributed by atoms with Gasteiger partial charge in [0.1, 0.15) is 22.7 Å². The van der Waals surface area contributed by atoms with Crippen molar-refractivity contribution in [2.75, 3.05) is 39.6 Å². The van der Waals surface area contributed by atoms with E-state index in [0.29, 0.717) is 64.0 Å². The van der Waals surface area contributed by atoms with Crippen molar-refractivity contribution in [3.05, 3.63) is 59.1 Å². The van der Waals surface area contributed by atoms with Crippen LogP contribution in [0.1, 0.15) is 37.8 Å². The van der Waals surface area contributed by atoms with Crippen LogP contribution in [-0.4, -0.2) is 75.0 Å². The maximum atomic E-state index is 12.6. The highest BCUT2D eigenvalue weighted by Gasteiger charge is 2.63. The number of hydrogen-bond donors (Lipinski definition) is 0. The first-order chi connectivity index (χ1) is 19.4. The second-order valence-corrected chi connectivity index (χ2v) is 11.0. The Bertz CT molecular complexity index is 1110. The topological polar surface area (TPSA) is 108 Å². The number of allylic oxidation sites excluding steroid dienone is 2. The van der Waals surface area contributed by atoms with Crippen LogP contribution in [0.5, 0.6) is 0 Å². The molecular formula is C30H36O10. The van der Waals surface area contributed by atoms with E-state index in [0.717, 1.165) is 11.1 Å². The minimum Gasteiger partial charge on any atom is -0.431 e. The van der Waals surface area contributed by atoms with Gasteiger partial charge in [-0.05, 0) is 50.0 Å². The minimum absolute atomic E-state index is 0.278. The molecule has 2 spiro atoms. The number of benzene rings is 1. The van der Waals surface area contributed by atoms with Crippen LogP contribution in [0.4, 0.5) is 0 Å². The lowest BCUT2D eigenvalue weighted by Crippen LogP contribution is -2.65. The molecule has 0 N–H and O–H groups in total. The van der Waals surface area contributed by atoms with E-state index in [-0.39, 0.29) is 37.4 Å². The Kier molecular flexibility index (Phi) is 7.82. The van der Waals surface area contributed by atoms with Crippen LogP contribution in [0.25, 0.3) is 0 Å². The third kappa shape index (κ3) is 5.13. The standard InChI is InChI=1S/C30H36O10/c1-19-15-29-23(27(31)39-19)13-25(29)35-10-8-33-6-7-34-9-11-36-26-14-24-28(32)40-20(2)16-30(24,26)38-18-22-5-3-4-21(12-22)17-37-29/h3-5,12,15-16,23-26H,6-11,13-14,17-18H2,1-2H3/t23-,24-,25?,26?,29-,30-/m0/s1. The monoisotopic (exact) mass is 556 g/mol. The van der Waals surface area contributed by atoms with Crippen LogP contribution in [0.15, 0.2) is 47.9 Å². The Morgan fingerprint density at radius 1 is 0.675 bits per heavy atom. The summed E-state index contributed by atoms with van der Waals surface area (Å²) >= 11 is 0. The summed E-state index contributed by atoms with van der Waals surface area (Å²) in [5, 5.41) is 0. The largest absolute Gasteiger partial charge is 0.431 e. The molecule has 6 atom stereocenters. The quantitative estimate of drug-likeness (QED) is 0.443. The van der Waals surface area contributed by atoms with E-state index in [2.05, 4.69) is 0 Å². The van der Waals surface area contributed by atoms with Crippen molar-refractivity contribution in [1.29, 1.82) is 0 Å². The molecular weight excluding hydrogens is 520 g/mol. The van der Waals surface area contributed by atoms with Gasteiger partial charge in [-0.1, -0.05) is 24.3 Å². The lowest BCUT2D eigenvalue weighted by atomic mass is 9.65. The van der Waals surface area contributed by atoms with Crippen molar-refractivity contribution in [2.45, 2.75) is 63.3 Å². The van der Waals surface area contributed by atoms with Crippen molar-refractivity contribution < 1.29 is 47.5 Å². The van der Waals surface area contributed by atoms with Gasteiger partial charge in [-0.3, -0.25) is 9.59 Å². The SMILES string of the molecule is CC1=C[C@@]23OCc4cccc(c4)CO[C@@]45C=C(C)OC(=O)[C@@H]4CC5OCCOCCOCCOC2C[C@H]3C(=O)O1. The van der Waals surface area contributed by atoms with Crippen LogP contribution in [-0.2, 0) is 60.7 Å². The summed E-state index contributed by atoms with van der Waals surface area (Å²) in [7, 11) is 0. The summed E-state index contributed by atoms with van der Waals surface area (Å²) < 4.78 is 47.3. The molecule has 5 aliphatic rings. The van der Waals surface area contributed by atoms with Gasteiger partial charge >= 0.3 is 11.9 Å². The van der Waals surface area contributed by atoms with Crippen molar-refractivity contribution in [2.24, 2.45) is 11.8 Å². The number of ether oxygens (including phenoxy) is 8. The molecule has 3 aliphatic heterocycles. The van der Waals surface area contributed by atoms with Crippen LogP contribution in [0, 0.1) is 11.8 Å². The molecule has 40 heavy (non-hydrogen) atoms. The zero-order chi connectivity index (χ0) is 27.7. The molecule has 10 heteroatoms. The Labute approximate surface area is 233 Å².